The zero-order chi connectivity index (χ0) is 68.1. The summed E-state index contributed by atoms with van der Waals surface area (Å²) in [7, 11) is 10.0. The minimum atomic E-state index is -4.99. The molecule has 1 aromatic carbocycles. The average Bonchev–Trinajstić information content (AvgIpc) is 1.76. The molecule has 4 aliphatic rings. The summed E-state index contributed by atoms with van der Waals surface area (Å²) < 4.78 is 55.8. The third kappa shape index (κ3) is 19.1. The van der Waals surface area contributed by atoms with Crippen LogP contribution in [0.5, 0.6) is 0 Å². The van der Waals surface area contributed by atoms with Crippen molar-refractivity contribution in [2.45, 2.75) is 212 Å². The first-order valence-corrected chi connectivity index (χ1v) is 32.4. The fourth-order valence-electron chi connectivity index (χ4n) is 13.2. The van der Waals surface area contributed by atoms with Crippen molar-refractivity contribution < 1.29 is 70.3 Å². The normalized spacial score (nSPS) is 26.3. The van der Waals surface area contributed by atoms with Crippen LogP contribution in [0, 0.1) is 29.5 Å². The van der Waals surface area contributed by atoms with Crippen LogP contribution in [-0.2, 0) is 65.3 Å². The summed E-state index contributed by atoms with van der Waals surface area (Å²) >= 11 is 0. The lowest BCUT2D eigenvalue weighted by Gasteiger charge is -2.41. The molecule has 2 saturated carbocycles. The van der Waals surface area contributed by atoms with Gasteiger partial charge in [-0.3, -0.25) is 52.7 Å². The zero-order valence-electron chi connectivity index (χ0n) is 56.0. The second-order valence-corrected chi connectivity index (χ2v) is 27.0. The highest BCUT2D eigenvalue weighted by Crippen LogP contribution is 2.36. The lowest BCUT2D eigenvalue weighted by molar-refractivity contribution is -0.152. The molecule has 1 unspecified atom stereocenters. The van der Waals surface area contributed by atoms with Gasteiger partial charge in [-0.25, -0.2) is 4.39 Å². The first kappa shape index (κ1) is 74.8. The summed E-state index contributed by atoms with van der Waals surface area (Å²) in [4.78, 5) is 170. The van der Waals surface area contributed by atoms with Crippen LogP contribution in [0.4, 0.5) is 17.6 Å². The number of hydrogen-bond donors (Lipinski definition) is 3. The molecular weight excluding hydrogens is 1190 g/mol. The van der Waals surface area contributed by atoms with Crippen molar-refractivity contribution in [3.63, 3.8) is 0 Å². The molecule has 8 atom stereocenters. The van der Waals surface area contributed by atoms with E-state index in [9.17, 15) is 65.5 Å². The molecule has 0 radical (unpaired) electrons. The predicted octanol–water partition coefficient (Wildman–Crippen LogP) is 4.99. The summed E-state index contributed by atoms with van der Waals surface area (Å²) in [6, 6.07) is -5.53. The Balaban J connectivity index is 1.56. The van der Waals surface area contributed by atoms with Gasteiger partial charge in [-0.2, -0.15) is 13.2 Å². The maximum absolute atomic E-state index is 15.1. The smallest absolute Gasteiger partial charge is 0.343 e. The number of nitrogens with one attached hydrogen (secondary N) is 3. The second-order valence-electron chi connectivity index (χ2n) is 27.0. The number of nitrogens with zero attached hydrogens (tertiary/aromatic N) is 8. The van der Waals surface area contributed by atoms with E-state index in [2.05, 4.69) is 16.0 Å². The molecule has 510 valence electrons. The third-order valence-corrected chi connectivity index (χ3v) is 19.2. The van der Waals surface area contributed by atoms with Gasteiger partial charge in [0.1, 0.15) is 47.6 Å². The summed E-state index contributed by atoms with van der Waals surface area (Å²) in [5.74, 6) is -9.51. The number of benzene rings is 1. The highest BCUT2D eigenvalue weighted by Gasteiger charge is 2.50. The van der Waals surface area contributed by atoms with Gasteiger partial charge in [0, 0.05) is 68.3 Å². The van der Waals surface area contributed by atoms with Crippen molar-refractivity contribution >= 4 is 65.0 Å². The van der Waals surface area contributed by atoms with Crippen molar-refractivity contribution in [2.24, 2.45) is 23.7 Å². The number of fused-ring (bicyclic) bond motifs is 1. The summed E-state index contributed by atoms with van der Waals surface area (Å²) in [6.07, 6.45) is 1.34. The molecular formula is C65H101F4N11O11. The highest BCUT2D eigenvalue weighted by atomic mass is 19.4. The molecule has 1 aromatic rings. The van der Waals surface area contributed by atoms with Gasteiger partial charge in [0.05, 0.1) is 25.2 Å². The van der Waals surface area contributed by atoms with E-state index in [0.29, 0.717) is 37.8 Å². The zero-order valence-corrected chi connectivity index (χ0v) is 56.0. The molecule has 22 nitrogen and oxygen atoms in total. The molecule has 91 heavy (non-hydrogen) atoms. The number of aryl methyl sites for hydroxylation is 1. The van der Waals surface area contributed by atoms with E-state index in [1.807, 2.05) is 20.8 Å². The Morgan fingerprint density at radius 3 is 1.82 bits per heavy atom. The van der Waals surface area contributed by atoms with Gasteiger partial charge in [-0.15, -0.1) is 0 Å². The van der Waals surface area contributed by atoms with Crippen molar-refractivity contribution in [3.8, 4) is 0 Å². The van der Waals surface area contributed by atoms with Crippen LogP contribution in [0.15, 0.2) is 18.2 Å². The number of alkyl halides is 3. The van der Waals surface area contributed by atoms with E-state index in [4.69, 9.17) is 0 Å². The number of carbonyl (C=O) groups is 11. The lowest BCUT2D eigenvalue weighted by Crippen LogP contribution is -2.64. The van der Waals surface area contributed by atoms with E-state index in [1.54, 1.807) is 27.7 Å². The Kier molecular flexibility index (Phi) is 26.8. The van der Waals surface area contributed by atoms with Crippen LogP contribution < -0.4 is 16.0 Å². The maximum Gasteiger partial charge on any atom is 0.419 e. The van der Waals surface area contributed by atoms with E-state index < -0.39 is 162 Å². The maximum atomic E-state index is 15.1. The molecule has 1 spiro atoms. The van der Waals surface area contributed by atoms with E-state index in [1.165, 1.54) is 73.8 Å². The Morgan fingerprint density at radius 2 is 1.24 bits per heavy atom. The largest absolute Gasteiger partial charge is 0.419 e. The monoisotopic (exact) mass is 1290 g/mol. The number of amides is 11. The van der Waals surface area contributed by atoms with Crippen LogP contribution in [0.1, 0.15) is 162 Å². The van der Waals surface area contributed by atoms with Crippen LogP contribution in [0.25, 0.3) is 0 Å². The van der Waals surface area contributed by atoms with Gasteiger partial charge in [0.15, 0.2) is 0 Å². The van der Waals surface area contributed by atoms with Crippen LogP contribution >= 0.6 is 0 Å². The first-order chi connectivity index (χ1) is 42.5. The van der Waals surface area contributed by atoms with Crippen molar-refractivity contribution in [3.05, 3.63) is 35.1 Å². The second kappa shape index (κ2) is 32.6. The average molecular weight is 1290 g/mol. The number of carbonyl (C=O) groups excluding carboxylic acids is 11. The molecule has 11 amide bonds. The summed E-state index contributed by atoms with van der Waals surface area (Å²) in [6.45, 7) is 10.9. The minimum Gasteiger partial charge on any atom is -0.343 e. The van der Waals surface area contributed by atoms with Crippen LogP contribution in [0.2, 0.25) is 0 Å². The van der Waals surface area contributed by atoms with Gasteiger partial charge in [0.2, 0.25) is 65.0 Å². The Labute approximate surface area is 534 Å². The minimum absolute atomic E-state index is 0.0163. The third-order valence-electron chi connectivity index (χ3n) is 19.2. The standard InChI is InChI=1S/C65H101F4N11O11/c1-15-41(6)55-61(89)75(10)37-53(83)73(8)38-54(84)78(13)50(35-43-22-17-16-18-23-43)60(88)74(9)36-51(81)70-47(28-26-44-25-27-45(46(66)34-44)65(67,68)69)59(87)80-31-21-24-48(80)58(86)72-64(29-19-20-30-64)63(91)79(14)56(40(4)5)62(90)76(11)42(7)33-52(82)77(12)49(32-39(2)3)57(85)71-55/h25,27,34,39-43,47-50,55-56H,15-24,26,28-33,35-38H2,1-14H3,(H,70,81)(H,71,85)(H,72,86)/t41?,42-,47+,48+,49+,50+,55+,56+/m1/s1. The van der Waals surface area contributed by atoms with Crippen LogP contribution in [0.3, 0.4) is 0 Å². The van der Waals surface area contributed by atoms with Crippen LogP contribution in [-0.4, -0.2) is 228 Å². The quantitative estimate of drug-likeness (QED) is 0.263. The van der Waals surface area contributed by atoms with Gasteiger partial charge >= 0.3 is 6.18 Å². The fourth-order valence-corrected chi connectivity index (χ4v) is 13.2. The molecule has 4 fully saturated rings. The van der Waals surface area contributed by atoms with Gasteiger partial charge in [-0.1, -0.05) is 99.0 Å². The number of halogens is 4. The Hall–Kier alpha value is -6.89. The molecule has 5 rings (SSSR count). The molecule has 2 saturated heterocycles. The van der Waals surface area contributed by atoms with E-state index >= 15 is 4.79 Å². The van der Waals surface area contributed by atoms with Gasteiger partial charge in [-0.05, 0) is 99.7 Å². The number of likely N-dealkylation sites (N-methyl/N-ethyl adjacent to an activating group) is 7. The van der Waals surface area contributed by atoms with E-state index in [-0.39, 0.29) is 75.3 Å². The Bertz CT molecular complexity index is 2790. The van der Waals surface area contributed by atoms with E-state index in [0.717, 1.165) is 52.9 Å². The fraction of sp³-hybridized carbons (Fsp3) is 0.738. The van der Waals surface area contributed by atoms with Gasteiger partial charge < -0.3 is 55.1 Å². The summed E-state index contributed by atoms with van der Waals surface area (Å²) in [5.41, 5.74) is -2.95. The molecule has 3 N–H and O–H groups in total. The number of rotatable bonds is 10. The Morgan fingerprint density at radius 1 is 0.637 bits per heavy atom. The van der Waals surface area contributed by atoms with Crippen molar-refractivity contribution in [2.75, 3.05) is 75.5 Å². The predicted molar refractivity (Wildman–Crippen MR) is 332 cm³/mol. The molecule has 2 heterocycles. The first-order valence-electron chi connectivity index (χ1n) is 32.4. The van der Waals surface area contributed by atoms with Crippen molar-refractivity contribution in [1.82, 2.24) is 55.1 Å². The topological polar surface area (TPSA) is 250 Å². The van der Waals surface area contributed by atoms with Crippen molar-refractivity contribution in [1.29, 1.82) is 0 Å². The van der Waals surface area contributed by atoms with Gasteiger partial charge in [0.25, 0.3) is 0 Å². The molecule has 26 heteroatoms. The number of hydrogen-bond acceptors (Lipinski definition) is 11. The summed E-state index contributed by atoms with van der Waals surface area (Å²) in [5, 5.41) is 8.57. The molecule has 0 aromatic heterocycles. The molecule has 0 bridgehead atoms. The SMILES string of the molecule is CCC(C)[C@@H]1NC(=O)[C@H](CC(C)C)N(C)C(=O)C[C@@H](C)N(C)C(=O)[C@H](C(C)C)N(C)C(=O)C2(CCCC2)NC(=O)[C@@H]2CCCN2C(=O)[C@H](CCc2ccc(C(F)(F)F)c(F)c2)NC(=O)CN(C)C(=O)[C@H](CC2CCCCC2)N(C)C(=O)CN(C)C(=O)CN(C)C1=O. The highest BCUT2D eigenvalue weighted by molar-refractivity contribution is 5.99. The molecule has 2 aliphatic carbocycles. The molecule has 2 aliphatic heterocycles. The lowest BCUT2D eigenvalue weighted by atomic mass is 9.84.